The number of aliphatic hydroxyl groups excluding tert-OH is 4. The molecule has 1 aliphatic rings. The van der Waals surface area contributed by atoms with Crippen LogP contribution in [0.3, 0.4) is 0 Å². The zero-order valence-corrected chi connectivity index (χ0v) is 7.85. The average Bonchev–Trinajstić information content (AvgIpc) is 2.18. The van der Waals surface area contributed by atoms with E-state index < -0.39 is 49.5 Å². The lowest BCUT2D eigenvalue weighted by molar-refractivity contribution is -0.231. The number of carbonyl (C=O) groups is 1. The van der Waals surface area contributed by atoms with Gasteiger partial charge in [0.2, 0.25) is 0 Å². The van der Waals surface area contributed by atoms with E-state index >= 15 is 0 Å². The molecule has 0 aromatic heterocycles. The third kappa shape index (κ3) is 2.64. The van der Waals surface area contributed by atoms with Crippen molar-refractivity contribution in [2.45, 2.75) is 36.9 Å². The molecule has 1 aliphatic heterocycles. The molecule has 1 unspecified atom stereocenters. The van der Waals surface area contributed by atoms with Crippen molar-refractivity contribution in [3.8, 4) is 0 Å². The number of aliphatic hydroxyl groups is 4. The Bertz CT molecular complexity index is 229. The lowest BCUT2D eigenvalue weighted by Crippen LogP contribution is -2.58. The monoisotopic (exact) mass is 222 g/mol. The van der Waals surface area contributed by atoms with Crippen LogP contribution in [0.4, 0.5) is 0 Å². The van der Waals surface area contributed by atoms with Crippen LogP contribution in [0, 0.1) is 0 Å². The summed E-state index contributed by atoms with van der Waals surface area (Å²) in [5.74, 6) is -1.20. The third-order valence-corrected chi connectivity index (χ3v) is 2.37. The molecule has 7 nitrogen and oxygen atoms in total. The Labute approximate surface area is 85.5 Å². The van der Waals surface area contributed by atoms with Crippen LogP contribution in [0.25, 0.3) is 0 Å². The summed E-state index contributed by atoms with van der Waals surface area (Å²) in [5.41, 5.74) is 0. The second kappa shape index (κ2) is 4.86. The molecule has 88 valence electrons. The molecule has 1 heterocycles. The third-order valence-electron chi connectivity index (χ3n) is 2.37. The first-order chi connectivity index (χ1) is 6.97. The number of carboxylic acids is 1. The zero-order chi connectivity index (χ0) is 11.6. The lowest BCUT2D eigenvalue weighted by Gasteiger charge is -2.39. The Kier molecular flexibility index (Phi) is 4.00. The van der Waals surface area contributed by atoms with Crippen LogP contribution in [0.5, 0.6) is 0 Å². The van der Waals surface area contributed by atoms with Crippen molar-refractivity contribution in [1.29, 1.82) is 0 Å². The second-order valence-corrected chi connectivity index (χ2v) is 3.47. The molecule has 0 spiro atoms. The van der Waals surface area contributed by atoms with Crippen molar-refractivity contribution in [1.82, 2.24) is 0 Å². The molecule has 5 N–H and O–H groups in total. The molecule has 1 fully saturated rings. The van der Waals surface area contributed by atoms with Crippen LogP contribution in [0.2, 0.25) is 0 Å². The highest BCUT2D eigenvalue weighted by molar-refractivity contribution is 5.67. The van der Waals surface area contributed by atoms with E-state index in [1.165, 1.54) is 0 Å². The predicted molar refractivity (Wildman–Crippen MR) is 46.0 cm³/mol. The molecular formula is C8H14O7. The van der Waals surface area contributed by atoms with E-state index in [0.717, 1.165) is 0 Å². The Morgan fingerprint density at radius 3 is 2.07 bits per heavy atom. The molecule has 7 heteroatoms. The zero-order valence-electron chi connectivity index (χ0n) is 7.85. The molecule has 15 heavy (non-hydrogen) atoms. The lowest BCUT2D eigenvalue weighted by atomic mass is 9.94. The van der Waals surface area contributed by atoms with E-state index in [2.05, 4.69) is 0 Å². The SMILES string of the molecule is O=C(O)C[C@H]1OC(CO)[C@@H](O)[C@H](O)[C@@H]1O. The second-order valence-electron chi connectivity index (χ2n) is 3.47. The summed E-state index contributed by atoms with van der Waals surface area (Å²) in [6.45, 7) is -0.554. The Balaban J connectivity index is 2.69. The molecule has 0 radical (unpaired) electrons. The summed E-state index contributed by atoms with van der Waals surface area (Å²) in [6, 6.07) is 0. The molecular weight excluding hydrogens is 208 g/mol. The highest BCUT2D eigenvalue weighted by atomic mass is 16.5. The quantitative estimate of drug-likeness (QED) is 0.351. The highest BCUT2D eigenvalue weighted by Gasteiger charge is 2.43. The Morgan fingerprint density at radius 1 is 1.07 bits per heavy atom. The minimum absolute atomic E-state index is 0.499. The van der Waals surface area contributed by atoms with E-state index in [1.807, 2.05) is 0 Å². The summed E-state index contributed by atoms with van der Waals surface area (Å²) in [4.78, 5) is 10.4. The van der Waals surface area contributed by atoms with Gasteiger partial charge >= 0.3 is 5.97 Å². The van der Waals surface area contributed by atoms with E-state index in [4.69, 9.17) is 14.9 Å². The normalized spacial score (nSPS) is 41.5. The number of rotatable bonds is 3. The molecule has 5 atom stereocenters. The van der Waals surface area contributed by atoms with Crippen LogP contribution in [-0.4, -0.2) is 68.6 Å². The maximum absolute atomic E-state index is 10.4. The highest BCUT2D eigenvalue weighted by Crippen LogP contribution is 2.22. The van der Waals surface area contributed by atoms with Gasteiger partial charge in [0, 0.05) is 0 Å². The number of hydrogen-bond acceptors (Lipinski definition) is 6. The van der Waals surface area contributed by atoms with Gasteiger partial charge in [-0.2, -0.15) is 0 Å². The summed E-state index contributed by atoms with van der Waals surface area (Å²) >= 11 is 0. The summed E-state index contributed by atoms with van der Waals surface area (Å²) in [5, 5.41) is 45.3. The van der Waals surface area contributed by atoms with Crippen molar-refractivity contribution in [2.75, 3.05) is 6.61 Å². The standard InChI is InChI=1S/C8H14O7/c9-2-4-7(13)8(14)6(12)3(15-4)1-5(10)11/h3-4,6-9,12-14H,1-2H2,(H,10,11)/t3-,4?,6-,7-,8-/m1/s1. The number of hydrogen-bond donors (Lipinski definition) is 5. The van der Waals surface area contributed by atoms with Gasteiger partial charge in [-0.25, -0.2) is 0 Å². The van der Waals surface area contributed by atoms with Gasteiger partial charge in [-0.15, -0.1) is 0 Å². The van der Waals surface area contributed by atoms with E-state index in [0.29, 0.717) is 0 Å². The van der Waals surface area contributed by atoms with Crippen LogP contribution in [0.15, 0.2) is 0 Å². The van der Waals surface area contributed by atoms with Crippen LogP contribution in [-0.2, 0) is 9.53 Å². The van der Waals surface area contributed by atoms with Gasteiger partial charge in [0.15, 0.2) is 0 Å². The summed E-state index contributed by atoms with van der Waals surface area (Å²) in [6.07, 6.45) is -7.11. The maximum atomic E-state index is 10.4. The number of carboxylic acid groups (broad SMARTS) is 1. The van der Waals surface area contributed by atoms with Crippen molar-refractivity contribution < 1.29 is 35.1 Å². The van der Waals surface area contributed by atoms with Crippen molar-refractivity contribution in [3.63, 3.8) is 0 Å². The smallest absolute Gasteiger partial charge is 0.306 e. The van der Waals surface area contributed by atoms with Gasteiger partial charge in [-0.3, -0.25) is 4.79 Å². The van der Waals surface area contributed by atoms with Gasteiger partial charge in [-0.05, 0) is 0 Å². The molecule has 1 saturated heterocycles. The minimum atomic E-state index is -1.51. The number of ether oxygens (including phenoxy) is 1. The maximum Gasteiger partial charge on any atom is 0.306 e. The fourth-order valence-corrected chi connectivity index (χ4v) is 1.52. The molecule has 0 aliphatic carbocycles. The molecule has 0 bridgehead atoms. The minimum Gasteiger partial charge on any atom is -0.481 e. The largest absolute Gasteiger partial charge is 0.481 e. The first-order valence-electron chi connectivity index (χ1n) is 4.49. The Morgan fingerprint density at radius 2 is 1.60 bits per heavy atom. The van der Waals surface area contributed by atoms with E-state index in [1.54, 1.807) is 0 Å². The van der Waals surface area contributed by atoms with Gasteiger partial charge in [0.25, 0.3) is 0 Å². The summed E-state index contributed by atoms with van der Waals surface area (Å²) in [7, 11) is 0. The average molecular weight is 222 g/mol. The van der Waals surface area contributed by atoms with Gasteiger partial charge in [0.05, 0.1) is 19.1 Å². The van der Waals surface area contributed by atoms with E-state index in [-0.39, 0.29) is 0 Å². The Hall–Kier alpha value is -0.730. The van der Waals surface area contributed by atoms with Crippen molar-refractivity contribution >= 4 is 5.97 Å². The van der Waals surface area contributed by atoms with Gasteiger partial charge < -0.3 is 30.3 Å². The topological polar surface area (TPSA) is 127 Å². The first kappa shape index (κ1) is 12.3. The van der Waals surface area contributed by atoms with Crippen molar-refractivity contribution in [2.24, 2.45) is 0 Å². The molecule has 0 saturated carbocycles. The van der Waals surface area contributed by atoms with E-state index in [9.17, 15) is 20.1 Å². The van der Waals surface area contributed by atoms with Crippen LogP contribution < -0.4 is 0 Å². The van der Waals surface area contributed by atoms with Crippen LogP contribution >= 0.6 is 0 Å². The number of aliphatic carboxylic acids is 1. The molecule has 0 amide bonds. The predicted octanol–water partition coefficient (Wildman–Crippen LogP) is -2.70. The molecule has 0 aromatic rings. The van der Waals surface area contributed by atoms with Crippen molar-refractivity contribution in [3.05, 3.63) is 0 Å². The fourth-order valence-electron chi connectivity index (χ4n) is 1.52. The van der Waals surface area contributed by atoms with Gasteiger partial charge in [-0.1, -0.05) is 0 Å². The molecule has 1 rings (SSSR count). The summed E-state index contributed by atoms with van der Waals surface area (Å²) < 4.78 is 4.95. The molecule has 0 aromatic carbocycles. The fraction of sp³-hybridized carbons (Fsp3) is 0.875. The van der Waals surface area contributed by atoms with Crippen LogP contribution in [0.1, 0.15) is 6.42 Å². The van der Waals surface area contributed by atoms with Gasteiger partial charge in [0.1, 0.15) is 24.4 Å². The first-order valence-corrected chi connectivity index (χ1v) is 4.49.